The first-order chi connectivity index (χ1) is 7.36. The van der Waals surface area contributed by atoms with Gasteiger partial charge in [0.1, 0.15) is 0 Å². The van der Waals surface area contributed by atoms with E-state index in [1.807, 2.05) is 0 Å². The van der Waals surface area contributed by atoms with E-state index in [0.29, 0.717) is 5.41 Å². The van der Waals surface area contributed by atoms with Gasteiger partial charge in [0.05, 0.1) is 0 Å². The first kappa shape index (κ1) is 14.1. The summed E-state index contributed by atoms with van der Waals surface area (Å²) in [6, 6.07) is 0. The topological polar surface area (TPSA) is 0 Å². The average Bonchev–Trinajstić information content (AvgIpc) is 2.91. The summed E-state index contributed by atoms with van der Waals surface area (Å²) in [4.78, 5) is 0. The summed E-state index contributed by atoms with van der Waals surface area (Å²) in [6.45, 7) is 14.4. The van der Waals surface area contributed by atoms with Gasteiger partial charge < -0.3 is 0 Å². The smallest absolute Gasteiger partial charge is 0.0352 e. The van der Waals surface area contributed by atoms with Crippen LogP contribution in [0.1, 0.15) is 73.6 Å². The molecule has 4 unspecified atom stereocenters. The monoisotopic (exact) mass is 224 g/mol. The third-order valence-corrected chi connectivity index (χ3v) is 4.80. The third kappa shape index (κ3) is 4.11. The summed E-state index contributed by atoms with van der Waals surface area (Å²) in [5, 5.41) is 0. The first-order valence-electron chi connectivity index (χ1n) is 7.36. The highest BCUT2D eigenvalue weighted by atomic mass is 14.5. The van der Waals surface area contributed by atoms with Gasteiger partial charge >= 0.3 is 0 Å². The lowest BCUT2D eigenvalue weighted by Gasteiger charge is -2.27. The molecule has 1 aliphatic rings. The zero-order valence-electron chi connectivity index (χ0n) is 12.3. The van der Waals surface area contributed by atoms with Gasteiger partial charge in [-0.3, -0.25) is 0 Å². The molecule has 1 aliphatic carbocycles. The van der Waals surface area contributed by atoms with Crippen LogP contribution in [0.3, 0.4) is 0 Å². The Hall–Kier alpha value is 0. The molecule has 4 atom stereocenters. The summed E-state index contributed by atoms with van der Waals surface area (Å²) in [5.74, 6) is 3.96. The lowest BCUT2D eigenvalue weighted by Crippen LogP contribution is -2.19. The normalized spacial score (nSPS) is 28.9. The molecule has 0 aromatic heterocycles. The van der Waals surface area contributed by atoms with Crippen molar-refractivity contribution in [2.24, 2.45) is 29.1 Å². The number of hydrogen-bond acceptors (Lipinski definition) is 0. The molecule has 0 aliphatic heterocycles. The van der Waals surface area contributed by atoms with Gasteiger partial charge in [0, 0.05) is 0 Å². The molecule has 1 saturated carbocycles. The first-order valence-corrected chi connectivity index (χ1v) is 7.36. The van der Waals surface area contributed by atoms with E-state index in [0.717, 1.165) is 23.7 Å². The van der Waals surface area contributed by atoms with Crippen molar-refractivity contribution in [1.82, 2.24) is 0 Å². The van der Waals surface area contributed by atoms with Crippen molar-refractivity contribution >= 4 is 0 Å². The molecule has 0 amide bonds. The minimum atomic E-state index is 0.508. The van der Waals surface area contributed by atoms with Gasteiger partial charge in [0.15, 0.2) is 0 Å². The van der Waals surface area contributed by atoms with E-state index in [1.165, 1.54) is 32.1 Å². The van der Waals surface area contributed by atoms with Crippen LogP contribution < -0.4 is 0 Å². The summed E-state index contributed by atoms with van der Waals surface area (Å²) in [7, 11) is 0. The van der Waals surface area contributed by atoms with Crippen LogP contribution in [-0.2, 0) is 0 Å². The van der Waals surface area contributed by atoms with Crippen molar-refractivity contribution in [3.63, 3.8) is 0 Å². The maximum absolute atomic E-state index is 2.46. The van der Waals surface area contributed by atoms with Crippen LogP contribution in [0.2, 0.25) is 0 Å². The van der Waals surface area contributed by atoms with Crippen molar-refractivity contribution < 1.29 is 0 Å². The second-order valence-corrected chi connectivity index (χ2v) is 7.29. The molecule has 16 heavy (non-hydrogen) atoms. The van der Waals surface area contributed by atoms with Crippen molar-refractivity contribution in [2.75, 3.05) is 0 Å². The van der Waals surface area contributed by atoms with Gasteiger partial charge in [-0.1, -0.05) is 60.8 Å². The Morgan fingerprint density at radius 2 is 1.75 bits per heavy atom. The van der Waals surface area contributed by atoms with Crippen molar-refractivity contribution in [3.05, 3.63) is 0 Å². The molecule has 0 spiro atoms. The zero-order valence-corrected chi connectivity index (χ0v) is 12.3. The highest BCUT2D eigenvalue weighted by Crippen LogP contribution is 2.52. The largest absolute Gasteiger partial charge is 0.0654 e. The molecular formula is C16H32. The van der Waals surface area contributed by atoms with Crippen LogP contribution in [0.15, 0.2) is 0 Å². The molecule has 0 heteroatoms. The minimum absolute atomic E-state index is 0.508. The van der Waals surface area contributed by atoms with Gasteiger partial charge in [-0.15, -0.1) is 0 Å². The van der Waals surface area contributed by atoms with Crippen molar-refractivity contribution in [3.8, 4) is 0 Å². The van der Waals surface area contributed by atoms with E-state index in [-0.39, 0.29) is 0 Å². The molecule has 0 radical (unpaired) electrons. The fourth-order valence-corrected chi connectivity index (χ4v) is 2.99. The second kappa shape index (κ2) is 5.56. The van der Waals surface area contributed by atoms with E-state index in [1.54, 1.807) is 0 Å². The predicted octanol–water partition coefficient (Wildman–Crippen LogP) is 5.52. The molecular weight excluding hydrogens is 192 g/mol. The Balaban J connectivity index is 2.20. The highest BCUT2D eigenvalue weighted by molar-refractivity contribution is 4.93. The van der Waals surface area contributed by atoms with Crippen LogP contribution >= 0.6 is 0 Å². The molecule has 1 rings (SSSR count). The van der Waals surface area contributed by atoms with Gasteiger partial charge in [-0.25, -0.2) is 0 Å². The Kier molecular flexibility index (Phi) is 4.88. The highest BCUT2D eigenvalue weighted by Gasteiger charge is 2.44. The third-order valence-electron chi connectivity index (χ3n) is 4.80. The molecule has 0 saturated heterocycles. The van der Waals surface area contributed by atoms with E-state index in [4.69, 9.17) is 0 Å². The minimum Gasteiger partial charge on any atom is -0.0654 e. The predicted molar refractivity (Wildman–Crippen MR) is 73.5 cm³/mol. The summed E-state index contributed by atoms with van der Waals surface area (Å²) < 4.78 is 0. The van der Waals surface area contributed by atoms with Gasteiger partial charge in [0.2, 0.25) is 0 Å². The van der Waals surface area contributed by atoms with E-state index >= 15 is 0 Å². The summed E-state index contributed by atoms with van der Waals surface area (Å²) >= 11 is 0. The van der Waals surface area contributed by atoms with Crippen LogP contribution in [0.25, 0.3) is 0 Å². The Morgan fingerprint density at radius 1 is 1.12 bits per heavy atom. The fourth-order valence-electron chi connectivity index (χ4n) is 2.99. The Morgan fingerprint density at radius 3 is 2.25 bits per heavy atom. The fraction of sp³-hybridized carbons (Fsp3) is 1.00. The lowest BCUT2D eigenvalue weighted by atomic mass is 9.78. The molecule has 0 aromatic rings. The summed E-state index contributed by atoms with van der Waals surface area (Å²) in [5.41, 5.74) is 0.508. The second-order valence-electron chi connectivity index (χ2n) is 7.29. The lowest BCUT2D eigenvalue weighted by molar-refractivity contribution is 0.220. The molecule has 0 heterocycles. The molecule has 0 bridgehead atoms. The van der Waals surface area contributed by atoms with E-state index in [2.05, 4.69) is 41.5 Å². The quantitative estimate of drug-likeness (QED) is 0.557. The van der Waals surface area contributed by atoms with Gasteiger partial charge in [-0.2, -0.15) is 0 Å². The molecule has 0 aromatic carbocycles. The number of hydrogen-bond donors (Lipinski definition) is 0. The maximum Gasteiger partial charge on any atom is -0.0352 e. The van der Waals surface area contributed by atoms with Crippen LogP contribution in [-0.4, -0.2) is 0 Å². The Bertz CT molecular complexity index is 199. The molecule has 1 fully saturated rings. The van der Waals surface area contributed by atoms with Crippen LogP contribution in [0.4, 0.5) is 0 Å². The molecule has 0 N–H and O–H groups in total. The Labute approximate surface area is 103 Å². The van der Waals surface area contributed by atoms with Gasteiger partial charge in [0.25, 0.3) is 0 Å². The van der Waals surface area contributed by atoms with Crippen LogP contribution in [0, 0.1) is 29.1 Å². The van der Waals surface area contributed by atoms with E-state index in [9.17, 15) is 0 Å². The maximum atomic E-state index is 2.46. The SMILES string of the molecule is CCCC(C)CCC1CC1C(C)C(C)(C)C. The van der Waals surface area contributed by atoms with Gasteiger partial charge in [-0.05, 0) is 41.9 Å². The van der Waals surface area contributed by atoms with E-state index < -0.39 is 0 Å². The molecule has 0 nitrogen and oxygen atoms in total. The van der Waals surface area contributed by atoms with Crippen LogP contribution in [0.5, 0.6) is 0 Å². The number of rotatable bonds is 6. The standard InChI is InChI=1S/C16H32/c1-7-8-12(2)9-10-14-11-15(14)13(3)16(4,5)6/h12-15H,7-11H2,1-6H3. The zero-order chi connectivity index (χ0) is 12.3. The van der Waals surface area contributed by atoms with Crippen molar-refractivity contribution in [1.29, 1.82) is 0 Å². The van der Waals surface area contributed by atoms with Crippen molar-refractivity contribution in [2.45, 2.75) is 73.6 Å². The molecule has 96 valence electrons. The summed E-state index contributed by atoms with van der Waals surface area (Å²) in [6.07, 6.45) is 7.25. The average molecular weight is 224 g/mol.